The average molecular weight is 602 g/mol. The van der Waals surface area contributed by atoms with Gasteiger partial charge in [0.2, 0.25) is 0 Å². The van der Waals surface area contributed by atoms with Crippen molar-refractivity contribution in [2.24, 2.45) is 0 Å². The lowest BCUT2D eigenvalue weighted by atomic mass is 10.0. The maximum atomic E-state index is 12.2. The van der Waals surface area contributed by atoms with Crippen LogP contribution in [-0.4, -0.2) is 69.9 Å². The minimum atomic E-state index is -1.90. The van der Waals surface area contributed by atoms with Gasteiger partial charge in [-0.2, -0.15) is 0 Å². The quantitative estimate of drug-likeness (QED) is 0.0452. The molecule has 0 spiro atoms. The molecule has 42 heavy (non-hydrogen) atoms. The molecule has 0 saturated heterocycles. The van der Waals surface area contributed by atoms with Gasteiger partial charge in [-0.25, -0.2) is 0 Å². The minimum Gasteiger partial charge on any atom is -0.463 e. The number of esters is 1. The Morgan fingerprint density at radius 3 is 1.36 bits per heavy atom. The van der Waals surface area contributed by atoms with E-state index in [4.69, 9.17) is 4.74 Å². The number of aliphatic hydroxyl groups excluding tert-OH is 4. The molecular weight excluding hydrogens is 534 g/mol. The maximum Gasteiger partial charge on any atom is 0.305 e. The van der Waals surface area contributed by atoms with Gasteiger partial charge in [-0.15, -0.1) is 0 Å². The van der Waals surface area contributed by atoms with Crippen molar-refractivity contribution in [2.45, 2.75) is 192 Å². The fourth-order valence-corrected chi connectivity index (χ4v) is 5.13. The first kappa shape index (κ1) is 40.8. The lowest BCUT2D eigenvalue weighted by Gasteiger charge is -2.25. The summed E-state index contributed by atoms with van der Waals surface area (Å²) in [5.41, 5.74) is 0. The van der Waals surface area contributed by atoms with E-state index >= 15 is 0 Å². The molecule has 0 heterocycles. The van der Waals surface area contributed by atoms with E-state index in [1.54, 1.807) is 0 Å². The first-order chi connectivity index (χ1) is 20.3. The van der Waals surface area contributed by atoms with Crippen molar-refractivity contribution in [2.75, 3.05) is 13.2 Å². The van der Waals surface area contributed by atoms with Crippen molar-refractivity contribution in [3.05, 3.63) is 0 Å². The molecule has 250 valence electrons. The summed E-state index contributed by atoms with van der Waals surface area (Å²) < 4.78 is 5.01. The molecule has 0 rings (SSSR count). The molecule has 0 aromatic carbocycles. The van der Waals surface area contributed by atoms with Crippen LogP contribution in [0.15, 0.2) is 0 Å². The molecule has 0 aromatic rings. The van der Waals surface area contributed by atoms with Gasteiger partial charge in [-0.1, -0.05) is 149 Å². The first-order valence-electron chi connectivity index (χ1n) is 17.5. The van der Waals surface area contributed by atoms with Crippen molar-refractivity contribution < 1.29 is 34.8 Å². The van der Waals surface area contributed by atoms with E-state index in [2.05, 4.69) is 19.2 Å². The number of nitrogens with one attached hydrogen (secondary N) is 1. The van der Waals surface area contributed by atoms with Gasteiger partial charge in [0.1, 0.15) is 24.9 Å². The lowest BCUT2D eigenvalue weighted by Crippen LogP contribution is -2.52. The summed E-state index contributed by atoms with van der Waals surface area (Å²) in [6, 6.07) is 0. The van der Waals surface area contributed by atoms with Gasteiger partial charge in [0.25, 0.3) is 5.91 Å². The largest absolute Gasteiger partial charge is 0.463 e. The van der Waals surface area contributed by atoms with Crippen molar-refractivity contribution in [3.63, 3.8) is 0 Å². The highest BCUT2D eigenvalue weighted by molar-refractivity contribution is 5.81. The van der Waals surface area contributed by atoms with Gasteiger partial charge in [-0.05, 0) is 12.8 Å². The summed E-state index contributed by atoms with van der Waals surface area (Å²) in [6.45, 7) is 4.30. The summed E-state index contributed by atoms with van der Waals surface area (Å²) in [5, 5.41) is 43.1. The highest BCUT2D eigenvalue weighted by Gasteiger charge is 2.34. The van der Waals surface area contributed by atoms with Crippen LogP contribution in [0.2, 0.25) is 0 Å². The Bertz CT molecular complexity index is 619. The molecule has 4 unspecified atom stereocenters. The van der Waals surface area contributed by atoms with Crippen LogP contribution in [0.1, 0.15) is 168 Å². The number of rotatable bonds is 31. The zero-order valence-corrected chi connectivity index (χ0v) is 27.2. The molecule has 0 aromatic heterocycles. The van der Waals surface area contributed by atoms with Crippen molar-refractivity contribution in [1.82, 2.24) is 5.32 Å². The van der Waals surface area contributed by atoms with Crippen LogP contribution in [0.3, 0.4) is 0 Å². The molecule has 5 N–H and O–H groups in total. The average Bonchev–Trinajstić information content (AvgIpc) is 2.99. The van der Waals surface area contributed by atoms with Crippen LogP contribution in [-0.2, 0) is 14.3 Å². The molecule has 0 saturated carbocycles. The molecule has 0 aliphatic carbocycles. The number of unbranched alkanes of at least 4 members (excludes halogenated alkanes) is 21. The van der Waals surface area contributed by atoms with Crippen LogP contribution in [0.25, 0.3) is 0 Å². The molecular formula is C34H67NO7. The number of ether oxygens (including phenoxy) is 1. The molecule has 1 amide bonds. The van der Waals surface area contributed by atoms with Crippen LogP contribution >= 0.6 is 0 Å². The van der Waals surface area contributed by atoms with Crippen molar-refractivity contribution in [3.8, 4) is 0 Å². The molecule has 8 nitrogen and oxygen atoms in total. The highest BCUT2D eigenvalue weighted by atomic mass is 16.5. The topological polar surface area (TPSA) is 136 Å². The second kappa shape index (κ2) is 29.8. The van der Waals surface area contributed by atoms with Gasteiger partial charge in [0.15, 0.2) is 6.10 Å². The number of carbonyl (C=O) groups is 2. The third-order valence-corrected chi connectivity index (χ3v) is 8.07. The Kier molecular flexibility index (Phi) is 29.0. The predicted octanol–water partition coefficient (Wildman–Crippen LogP) is 6.49. The van der Waals surface area contributed by atoms with Crippen LogP contribution < -0.4 is 5.32 Å². The first-order valence-corrected chi connectivity index (χ1v) is 17.5. The number of amides is 1. The summed E-state index contributed by atoms with van der Waals surface area (Å²) in [6.07, 6.45) is 20.5. The Morgan fingerprint density at radius 1 is 0.548 bits per heavy atom. The maximum absolute atomic E-state index is 12.2. The van der Waals surface area contributed by atoms with E-state index in [9.17, 15) is 30.0 Å². The van der Waals surface area contributed by atoms with E-state index in [-0.39, 0.29) is 6.42 Å². The zero-order chi connectivity index (χ0) is 31.3. The van der Waals surface area contributed by atoms with Gasteiger partial charge < -0.3 is 30.5 Å². The van der Waals surface area contributed by atoms with E-state index in [0.717, 1.165) is 38.5 Å². The summed E-state index contributed by atoms with van der Waals surface area (Å²) in [4.78, 5) is 24.1. The molecule has 4 atom stereocenters. The van der Waals surface area contributed by atoms with E-state index in [1.165, 1.54) is 103 Å². The van der Waals surface area contributed by atoms with Gasteiger partial charge >= 0.3 is 5.97 Å². The minimum absolute atomic E-state index is 0.228. The van der Waals surface area contributed by atoms with Gasteiger partial charge in [0.05, 0.1) is 0 Å². The zero-order valence-electron chi connectivity index (χ0n) is 27.2. The Labute approximate surface area is 257 Å². The fourth-order valence-electron chi connectivity index (χ4n) is 5.13. The Hall–Kier alpha value is -1.22. The third-order valence-electron chi connectivity index (χ3n) is 8.07. The molecule has 0 aliphatic heterocycles. The number of hydrogen-bond donors (Lipinski definition) is 5. The molecule has 8 heteroatoms. The molecule has 0 bridgehead atoms. The highest BCUT2D eigenvalue weighted by Crippen LogP contribution is 2.14. The smallest absolute Gasteiger partial charge is 0.305 e. The number of aliphatic hydroxyl groups is 4. The second-order valence-electron chi connectivity index (χ2n) is 12.1. The monoisotopic (exact) mass is 601 g/mol. The standard InChI is InChI=1S/C34H67NO7/c1-3-5-7-9-11-13-14-15-16-17-19-21-23-25-27-35-34(41)33(40)32(39)31(38)29(36)28-42-30(37)26-24-22-20-18-12-10-8-6-4-2/h29,31-33,36,38-40H,3-28H2,1-2H3,(H,35,41). The van der Waals surface area contributed by atoms with Crippen molar-refractivity contribution >= 4 is 11.9 Å². The number of carbonyl (C=O) groups excluding carboxylic acids is 2. The van der Waals surface area contributed by atoms with E-state index < -0.39 is 42.9 Å². The molecule has 0 aliphatic rings. The van der Waals surface area contributed by atoms with Gasteiger partial charge in [0, 0.05) is 13.0 Å². The van der Waals surface area contributed by atoms with E-state index in [0.29, 0.717) is 13.0 Å². The molecule has 0 fully saturated rings. The van der Waals surface area contributed by atoms with Crippen molar-refractivity contribution in [1.29, 1.82) is 0 Å². The van der Waals surface area contributed by atoms with Crippen LogP contribution in [0.5, 0.6) is 0 Å². The third kappa shape index (κ3) is 24.2. The lowest BCUT2D eigenvalue weighted by molar-refractivity contribution is -0.159. The predicted molar refractivity (Wildman–Crippen MR) is 170 cm³/mol. The Morgan fingerprint density at radius 2 is 0.929 bits per heavy atom. The van der Waals surface area contributed by atoms with Crippen LogP contribution in [0, 0.1) is 0 Å². The SMILES string of the molecule is CCCCCCCCCCCCCCCCNC(=O)C(O)C(O)C(O)C(O)COC(=O)CCCCCCCCCCC. The van der Waals surface area contributed by atoms with E-state index in [1.807, 2.05) is 0 Å². The normalized spacial score (nSPS) is 14.3. The summed E-state index contributed by atoms with van der Waals surface area (Å²) in [5.74, 6) is -1.28. The Balaban J connectivity index is 3.80. The fraction of sp³-hybridized carbons (Fsp3) is 0.941. The van der Waals surface area contributed by atoms with Crippen LogP contribution in [0.4, 0.5) is 0 Å². The van der Waals surface area contributed by atoms with Gasteiger partial charge in [-0.3, -0.25) is 9.59 Å². The second-order valence-corrected chi connectivity index (χ2v) is 12.1. The number of hydrogen-bond acceptors (Lipinski definition) is 7. The molecule has 0 radical (unpaired) electrons. The summed E-state index contributed by atoms with van der Waals surface area (Å²) >= 11 is 0. The summed E-state index contributed by atoms with van der Waals surface area (Å²) in [7, 11) is 0.